The Morgan fingerprint density at radius 1 is 1.13 bits per heavy atom. The van der Waals surface area contributed by atoms with Crippen molar-refractivity contribution < 1.29 is 14.3 Å². The molecule has 6 nitrogen and oxygen atoms in total. The zero-order valence-electron chi connectivity index (χ0n) is 18.0. The largest absolute Gasteiger partial charge is 0.497 e. The molecule has 30 heavy (non-hydrogen) atoms. The van der Waals surface area contributed by atoms with Crippen molar-refractivity contribution in [3.05, 3.63) is 53.6 Å². The Hall–Kier alpha value is -3.02. The zero-order valence-corrected chi connectivity index (χ0v) is 18.0. The van der Waals surface area contributed by atoms with Gasteiger partial charge in [0.1, 0.15) is 5.75 Å². The molecule has 0 bridgehead atoms. The van der Waals surface area contributed by atoms with Crippen LogP contribution in [0, 0.1) is 5.92 Å². The van der Waals surface area contributed by atoms with E-state index < -0.39 is 0 Å². The van der Waals surface area contributed by atoms with Crippen LogP contribution in [-0.2, 0) is 17.6 Å². The molecule has 1 aliphatic heterocycles. The van der Waals surface area contributed by atoms with Gasteiger partial charge in [-0.15, -0.1) is 0 Å². The summed E-state index contributed by atoms with van der Waals surface area (Å²) in [5.41, 5.74) is 3.96. The topological polar surface area (TPSA) is 70.7 Å². The Bertz CT molecular complexity index is 878. The first-order valence-corrected chi connectivity index (χ1v) is 10.6. The molecule has 1 aliphatic rings. The lowest BCUT2D eigenvalue weighted by atomic mass is 9.99. The van der Waals surface area contributed by atoms with Gasteiger partial charge in [-0.25, -0.2) is 4.79 Å². The van der Waals surface area contributed by atoms with Gasteiger partial charge in [0, 0.05) is 30.9 Å². The standard InChI is InChI=1S/C24H31N3O3/c1-17(2)13-15-27-22-10-7-20(16-19(22)6-11-23(27)28)26-24(29)25-14-12-18-4-8-21(30-3)9-5-18/h4-5,7-10,16-17H,6,11-15H2,1-3H3,(H2,25,26,29). The minimum Gasteiger partial charge on any atom is -0.497 e. The third kappa shape index (κ3) is 5.75. The number of amides is 3. The van der Waals surface area contributed by atoms with Crippen molar-refractivity contribution in [2.75, 3.05) is 30.4 Å². The summed E-state index contributed by atoms with van der Waals surface area (Å²) in [5.74, 6) is 1.55. The number of nitrogens with one attached hydrogen (secondary N) is 2. The smallest absolute Gasteiger partial charge is 0.319 e. The van der Waals surface area contributed by atoms with E-state index in [4.69, 9.17) is 4.74 Å². The number of carbonyl (C=O) groups excluding carboxylic acids is 2. The van der Waals surface area contributed by atoms with Crippen molar-refractivity contribution in [2.24, 2.45) is 5.92 Å². The SMILES string of the molecule is COc1ccc(CCNC(=O)Nc2ccc3c(c2)CCC(=O)N3CCC(C)C)cc1. The number of methoxy groups -OCH3 is 1. The Morgan fingerprint density at radius 2 is 1.90 bits per heavy atom. The lowest BCUT2D eigenvalue weighted by Crippen LogP contribution is -2.36. The van der Waals surface area contributed by atoms with Crippen LogP contribution in [0.3, 0.4) is 0 Å². The lowest BCUT2D eigenvalue weighted by Gasteiger charge is -2.30. The number of hydrogen-bond acceptors (Lipinski definition) is 3. The summed E-state index contributed by atoms with van der Waals surface area (Å²) in [6, 6.07) is 13.4. The Morgan fingerprint density at radius 3 is 2.60 bits per heavy atom. The van der Waals surface area contributed by atoms with Gasteiger partial charge in [-0.1, -0.05) is 26.0 Å². The van der Waals surface area contributed by atoms with Crippen molar-refractivity contribution in [1.29, 1.82) is 0 Å². The first-order valence-electron chi connectivity index (χ1n) is 10.6. The van der Waals surface area contributed by atoms with E-state index in [-0.39, 0.29) is 11.9 Å². The second-order valence-corrected chi connectivity index (χ2v) is 8.05. The predicted molar refractivity (Wildman–Crippen MR) is 120 cm³/mol. The molecular weight excluding hydrogens is 378 g/mol. The third-order valence-corrected chi connectivity index (χ3v) is 5.33. The highest BCUT2D eigenvalue weighted by molar-refractivity contribution is 5.97. The van der Waals surface area contributed by atoms with Gasteiger partial charge in [0.15, 0.2) is 0 Å². The van der Waals surface area contributed by atoms with Crippen LogP contribution in [0.15, 0.2) is 42.5 Å². The Labute approximate surface area is 178 Å². The molecule has 3 amide bonds. The van der Waals surface area contributed by atoms with Crippen molar-refractivity contribution in [1.82, 2.24) is 5.32 Å². The van der Waals surface area contributed by atoms with Gasteiger partial charge in [-0.3, -0.25) is 4.79 Å². The molecule has 0 spiro atoms. The van der Waals surface area contributed by atoms with Crippen molar-refractivity contribution in [3.63, 3.8) is 0 Å². The summed E-state index contributed by atoms with van der Waals surface area (Å²) in [4.78, 5) is 26.5. The third-order valence-electron chi connectivity index (χ3n) is 5.33. The van der Waals surface area contributed by atoms with Crippen LogP contribution in [0.25, 0.3) is 0 Å². The maximum Gasteiger partial charge on any atom is 0.319 e. The number of hydrogen-bond donors (Lipinski definition) is 2. The number of rotatable bonds is 8. The van der Waals surface area contributed by atoms with Gasteiger partial charge >= 0.3 is 6.03 Å². The number of carbonyl (C=O) groups is 2. The van der Waals surface area contributed by atoms with Crippen molar-refractivity contribution in [3.8, 4) is 5.75 Å². The highest BCUT2D eigenvalue weighted by Gasteiger charge is 2.24. The fourth-order valence-corrected chi connectivity index (χ4v) is 3.56. The molecule has 160 valence electrons. The van der Waals surface area contributed by atoms with Gasteiger partial charge in [0.05, 0.1) is 7.11 Å². The second-order valence-electron chi connectivity index (χ2n) is 8.05. The average Bonchev–Trinajstić information content (AvgIpc) is 2.73. The molecule has 2 aromatic carbocycles. The van der Waals surface area contributed by atoms with E-state index in [0.717, 1.165) is 47.6 Å². The second kappa shape index (κ2) is 10.1. The van der Waals surface area contributed by atoms with E-state index in [9.17, 15) is 9.59 Å². The molecule has 1 heterocycles. The zero-order chi connectivity index (χ0) is 21.5. The Balaban J connectivity index is 1.54. The highest BCUT2D eigenvalue weighted by atomic mass is 16.5. The van der Waals surface area contributed by atoms with Crippen molar-refractivity contribution >= 4 is 23.3 Å². The summed E-state index contributed by atoms with van der Waals surface area (Å²) < 4.78 is 5.15. The van der Waals surface area contributed by atoms with E-state index in [2.05, 4.69) is 24.5 Å². The quantitative estimate of drug-likeness (QED) is 0.679. The first kappa shape index (κ1) is 21.7. The summed E-state index contributed by atoms with van der Waals surface area (Å²) in [6.07, 6.45) is 2.94. The molecule has 6 heteroatoms. The molecule has 0 aliphatic carbocycles. The normalized spacial score (nSPS) is 13.2. The molecular formula is C24H31N3O3. The molecule has 2 N–H and O–H groups in total. The number of benzene rings is 2. The minimum absolute atomic E-state index is 0.181. The number of aryl methyl sites for hydroxylation is 1. The number of fused-ring (bicyclic) bond motifs is 1. The minimum atomic E-state index is -0.230. The van der Waals surface area contributed by atoms with Gasteiger partial charge in [0.2, 0.25) is 5.91 Å². The van der Waals surface area contributed by atoms with Crippen LogP contribution < -0.4 is 20.3 Å². The number of urea groups is 1. The predicted octanol–water partition coefficient (Wildman–Crippen LogP) is 4.38. The molecule has 0 saturated heterocycles. The molecule has 0 atom stereocenters. The van der Waals surface area contributed by atoms with E-state index in [1.54, 1.807) is 7.11 Å². The van der Waals surface area contributed by atoms with Gasteiger partial charge in [-0.2, -0.15) is 0 Å². The van der Waals surface area contributed by atoms with E-state index >= 15 is 0 Å². The summed E-state index contributed by atoms with van der Waals surface area (Å²) in [5, 5.41) is 5.79. The maximum absolute atomic E-state index is 12.3. The van der Waals surface area contributed by atoms with Gasteiger partial charge < -0.3 is 20.3 Å². The monoisotopic (exact) mass is 409 g/mol. The number of anilines is 2. The fourth-order valence-electron chi connectivity index (χ4n) is 3.56. The highest BCUT2D eigenvalue weighted by Crippen LogP contribution is 2.30. The summed E-state index contributed by atoms with van der Waals surface area (Å²) in [6.45, 7) is 5.61. The summed E-state index contributed by atoms with van der Waals surface area (Å²) in [7, 11) is 1.64. The average molecular weight is 410 g/mol. The van der Waals surface area contributed by atoms with Crippen LogP contribution in [0.2, 0.25) is 0 Å². The van der Waals surface area contributed by atoms with E-state index in [0.29, 0.717) is 25.3 Å². The van der Waals surface area contributed by atoms with E-state index in [1.807, 2.05) is 47.4 Å². The summed E-state index contributed by atoms with van der Waals surface area (Å²) >= 11 is 0. The number of nitrogens with zero attached hydrogens (tertiary/aromatic N) is 1. The van der Waals surface area contributed by atoms with Crippen LogP contribution in [0.1, 0.15) is 37.8 Å². The van der Waals surface area contributed by atoms with Crippen LogP contribution in [0.5, 0.6) is 5.75 Å². The lowest BCUT2D eigenvalue weighted by molar-refractivity contribution is -0.118. The van der Waals surface area contributed by atoms with Crippen LogP contribution in [-0.4, -0.2) is 32.1 Å². The van der Waals surface area contributed by atoms with Crippen molar-refractivity contribution in [2.45, 2.75) is 39.5 Å². The first-order chi connectivity index (χ1) is 14.5. The number of ether oxygens (including phenoxy) is 1. The maximum atomic E-state index is 12.3. The molecule has 3 rings (SSSR count). The molecule has 0 radical (unpaired) electrons. The van der Waals surface area contributed by atoms with Crippen LogP contribution in [0.4, 0.5) is 16.2 Å². The molecule has 0 saturated carbocycles. The molecule has 0 unspecified atom stereocenters. The van der Waals surface area contributed by atoms with Gasteiger partial charge in [0.25, 0.3) is 0 Å². The molecule has 2 aromatic rings. The van der Waals surface area contributed by atoms with E-state index in [1.165, 1.54) is 0 Å². The van der Waals surface area contributed by atoms with Gasteiger partial charge in [-0.05, 0) is 66.6 Å². The molecule has 0 aromatic heterocycles. The van der Waals surface area contributed by atoms with Crippen LogP contribution >= 0.6 is 0 Å². The fraction of sp³-hybridized carbons (Fsp3) is 0.417. The molecule has 0 fully saturated rings. The Kier molecular flexibility index (Phi) is 7.33.